The molecule has 0 amide bonds. The standard InChI is InChI=1S/C13H19NO3/c1-4-9-5-6-11(16-2)13(17-3)12(9)10(15)7-8-14/h5-6H,4,7-8,14H2,1-3H3. The van der Waals surface area contributed by atoms with Crippen molar-refractivity contribution in [1.29, 1.82) is 0 Å². The highest BCUT2D eigenvalue weighted by Crippen LogP contribution is 2.34. The number of hydrogen-bond donors (Lipinski definition) is 1. The summed E-state index contributed by atoms with van der Waals surface area (Å²) in [5.41, 5.74) is 6.98. The number of rotatable bonds is 6. The van der Waals surface area contributed by atoms with E-state index in [0.717, 1.165) is 12.0 Å². The highest BCUT2D eigenvalue weighted by atomic mass is 16.5. The smallest absolute Gasteiger partial charge is 0.171 e. The Labute approximate surface area is 102 Å². The minimum atomic E-state index is 0.0000926. The predicted molar refractivity (Wildman–Crippen MR) is 66.9 cm³/mol. The van der Waals surface area contributed by atoms with Gasteiger partial charge in [-0.3, -0.25) is 4.79 Å². The number of hydrogen-bond acceptors (Lipinski definition) is 4. The van der Waals surface area contributed by atoms with E-state index in [4.69, 9.17) is 15.2 Å². The van der Waals surface area contributed by atoms with Crippen molar-refractivity contribution in [2.75, 3.05) is 20.8 Å². The number of benzene rings is 1. The Morgan fingerprint density at radius 1 is 1.29 bits per heavy atom. The molecule has 17 heavy (non-hydrogen) atoms. The summed E-state index contributed by atoms with van der Waals surface area (Å²) < 4.78 is 10.5. The molecule has 0 bridgehead atoms. The van der Waals surface area contributed by atoms with Crippen LogP contribution in [0.2, 0.25) is 0 Å². The van der Waals surface area contributed by atoms with Gasteiger partial charge in [0.1, 0.15) is 0 Å². The third kappa shape index (κ3) is 2.77. The number of ketones is 1. The first kappa shape index (κ1) is 13.5. The Morgan fingerprint density at radius 2 is 2.00 bits per heavy atom. The van der Waals surface area contributed by atoms with E-state index >= 15 is 0 Å². The minimum Gasteiger partial charge on any atom is -0.493 e. The highest BCUT2D eigenvalue weighted by molar-refractivity contribution is 6.01. The molecule has 0 unspecified atom stereocenters. The molecule has 0 atom stereocenters. The number of carbonyl (C=O) groups excluding carboxylic acids is 1. The zero-order valence-corrected chi connectivity index (χ0v) is 10.6. The first-order valence-electron chi connectivity index (χ1n) is 5.66. The molecule has 0 radical (unpaired) electrons. The molecule has 1 aromatic rings. The summed E-state index contributed by atoms with van der Waals surface area (Å²) in [6, 6.07) is 3.71. The quantitative estimate of drug-likeness (QED) is 0.766. The van der Waals surface area contributed by atoms with Crippen molar-refractivity contribution in [1.82, 2.24) is 0 Å². The van der Waals surface area contributed by atoms with Crippen molar-refractivity contribution in [3.8, 4) is 11.5 Å². The number of Topliss-reactive ketones (excluding diaryl/α,β-unsaturated/α-hetero) is 1. The second kappa shape index (κ2) is 6.25. The van der Waals surface area contributed by atoms with Gasteiger partial charge in [-0.2, -0.15) is 0 Å². The fourth-order valence-electron chi connectivity index (χ4n) is 1.82. The second-order valence-corrected chi connectivity index (χ2v) is 3.65. The largest absolute Gasteiger partial charge is 0.493 e. The van der Waals surface area contributed by atoms with Gasteiger partial charge in [-0.1, -0.05) is 13.0 Å². The van der Waals surface area contributed by atoms with Gasteiger partial charge >= 0.3 is 0 Å². The first-order valence-corrected chi connectivity index (χ1v) is 5.66. The van der Waals surface area contributed by atoms with Crippen LogP contribution in [-0.4, -0.2) is 26.5 Å². The Morgan fingerprint density at radius 3 is 2.47 bits per heavy atom. The fourth-order valence-corrected chi connectivity index (χ4v) is 1.82. The van der Waals surface area contributed by atoms with Crippen molar-refractivity contribution < 1.29 is 14.3 Å². The Bertz CT molecular complexity index is 402. The number of methoxy groups -OCH3 is 2. The van der Waals surface area contributed by atoms with E-state index < -0.39 is 0 Å². The summed E-state index contributed by atoms with van der Waals surface area (Å²) in [4.78, 5) is 12.1. The minimum absolute atomic E-state index is 0.0000926. The van der Waals surface area contributed by atoms with E-state index in [1.807, 2.05) is 19.1 Å². The fraction of sp³-hybridized carbons (Fsp3) is 0.462. The maximum Gasteiger partial charge on any atom is 0.171 e. The van der Waals surface area contributed by atoms with Crippen LogP contribution in [-0.2, 0) is 6.42 Å². The van der Waals surface area contributed by atoms with E-state index in [2.05, 4.69) is 0 Å². The highest BCUT2D eigenvalue weighted by Gasteiger charge is 2.19. The lowest BCUT2D eigenvalue weighted by Gasteiger charge is -2.15. The Kier molecular flexibility index (Phi) is 4.97. The van der Waals surface area contributed by atoms with Gasteiger partial charge in [0.15, 0.2) is 17.3 Å². The molecule has 0 saturated carbocycles. The molecule has 2 N–H and O–H groups in total. The van der Waals surface area contributed by atoms with Crippen LogP contribution in [0.1, 0.15) is 29.3 Å². The number of aryl methyl sites for hydroxylation is 1. The summed E-state index contributed by atoms with van der Waals surface area (Å²) in [5.74, 6) is 1.08. The Hall–Kier alpha value is -1.55. The van der Waals surface area contributed by atoms with Gasteiger partial charge in [0.2, 0.25) is 0 Å². The average Bonchev–Trinajstić information content (AvgIpc) is 2.36. The monoisotopic (exact) mass is 237 g/mol. The van der Waals surface area contributed by atoms with E-state index in [9.17, 15) is 4.79 Å². The van der Waals surface area contributed by atoms with Crippen molar-refractivity contribution in [2.24, 2.45) is 5.73 Å². The van der Waals surface area contributed by atoms with Gasteiger partial charge < -0.3 is 15.2 Å². The molecule has 0 aliphatic heterocycles. The second-order valence-electron chi connectivity index (χ2n) is 3.65. The van der Waals surface area contributed by atoms with Crippen LogP contribution in [0.25, 0.3) is 0 Å². The zero-order chi connectivity index (χ0) is 12.8. The summed E-state index contributed by atoms with van der Waals surface area (Å²) in [5, 5.41) is 0. The van der Waals surface area contributed by atoms with Gasteiger partial charge in [0.25, 0.3) is 0 Å². The third-order valence-electron chi connectivity index (χ3n) is 2.66. The molecule has 0 spiro atoms. The summed E-state index contributed by atoms with van der Waals surface area (Å²) in [6.07, 6.45) is 1.09. The van der Waals surface area contributed by atoms with Crippen molar-refractivity contribution in [2.45, 2.75) is 19.8 Å². The summed E-state index contributed by atoms with van der Waals surface area (Å²) >= 11 is 0. The van der Waals surface area contributed by atoms with Crippen LogP contribution in [0, 0.1) is 0 Å². The normalized spacial score (nSPS) is 10.1. The maximum absolute atomic E-state index is 12.1. The molecule has 0 aliphatic carbocycles. The first-order chi connectivity index (χ1) is 8.19. The summed E-state index contributed by atoms with van der Waals surface area (Å²) in [7, 11) is 3.09. The van der Waals surface area contributed by atoms with Crippen LogP contribution in [0.3, 0.4) is 0 Å². The lowest BCUT2D eigenvalue weighted by atomic mass is 9.98. The van der Waals surface area contributed by atoms with E-state index in [1.165, 1.54) is 7.11 Å². The SMILES string of the molecule is CCc1ccc(OC)c(OC)c1C(=O)CCN. The van der Waals surface area contributed by atoms with Gasteiger partial charge in [-0.05, 0) is 24.6 Å². The van der Waals surface area contributed by atoms with Crippen LogP contribution in [0.4, 0.5) is 0 Å². The molecule has 4 nitrogen and oxygen atoms in total. The lowest BCUT2D eigenvalue weighted by Crippen LogP contribution is -2.12. The maximum atomic E-state index is 12.1. The molecule has 1 aromatic carbocycles. The molecule has 1 rings (SSSR count). The molecule has 94 valence electrons. The number of carbonyl (C=O) groups is 1. The zero-order valence-electron chi connectivity index (χ0n) is 10.6. The molecule has 4 heteroatoms. The van der Waals surface area contributed by atoms with Crippen molar-refractivity contribution in [3.63, 3.8) is 0 Å². The third-order valence-corrected chi connectivity index (χ3v) is 2.66. The van der Waals surface area contributed by atoms with Crippen LogP contribution in [0.5, 0.6) is 11.5 Å². The van der Waals surface area contributed by atoms with Gasteiger partial charge in [0, 0.05) is 6.42 Å². The van der Waals surface area contributed by atoms with E-state index in [1.54, 1.807) is 7.11 Å². The number of ether oxygens (including phenoxy) is 2. The number of nitrogens with two attached hydrogens (primary N) is 1. The average molecular weight is 237 g/mol. The van der Waals surface area contributed by atoms with Crippen LogP contribution in [0.15, 0.2) is 12.1 Å². The van der Waals surface area contributed by atoms with Gasteiger partial charge in [0.05, 0.1) is 19.8 Å². The molecular weight excluding hydrogens is 218 g/mol. The molecule has 0 aliphatic rings. The molecule has 0 fully saturated rings. The lowest BCUT2D eigenvalue weighted by molar-refractivity contribution is 0.0981. The van der Waals surface area contributed by atoms with E-state index in [0.29, 0.717) is 30.0 Å². The van der Waals surface area contributed by atoms with Crippen molar-refractivity contribution >= 4 is 5.78 Å². The molecule has 0 heterocycles. The van der Waals surface area contributed by atoms with Gasteiger partial charge in [-0.25, -0.2) is 0 Å². The molecule has 0 saturated heterocycles. The summed E-state index contributed by atoms with van der Waals surface area (Å²) in [6.45, 7) is 2.34. The Balaban J connectivity index is 3.34. The van der Waals surface area contributed by atoms with Gasteiger partial charge in [-0.15, -0.1) is 0 Å². The van der Waals surface area contributed by atoms with E-state index in [-0.39, 0.29) is 5.78 Å². The van der Waals surface area contributed by atoms with Crippen molar-refractivity contribution in [3.05, 3.63) is 23.3 Å². The van der Waals surface area contributed by atoms with Crippen LogP contribution >= 0.6 is 0 Å². The molecule has 0 aromatic heterocycles. The molecular formula is C13H19NO3. The van der Waals surface area contributed by atoms with Crippen LogP contribution < -0.4 is 15.2 Å². The topological polar surface area (TPSA) is 61.5 Å². The predicted octanol–water partition coefficient (Wildman–Crippen LogP) is 1.80.